The van der Waals surface area contributed by atoms with Gasteiger partial charge >= 0.3 is 0 Å². The Morgan fingerprint density at radius 2 is 2.20 bits per heavy atom. The van der Waals surface area contributed by atoms with E-state index in [1.54, 1.807) is 0 Å². The quantitative estimate of drug-likeness (QED) is 0.678. The molecule has 3 N–H and O–H groups in total. The smallest absolute Gasteiger partial charge is 0.200 e. The molecule has 1 aromatic rings. The molecule has 0 radical (unpaired) electrons. The van der Waals surface area contributed by atoms with E-state index in [9.17, 15) is 0 Å². The standard InChI is InChI=1S/C11H18N4/c1-2-4-10-9(3-1)14-11(15-10)13-8-5-6-12-7-8/h8,12H,1-7H2,(H2,13,14,15). The molecule has 4 heteroatoms. The van der Waals surface area contributed by atoms with Crippen molar-refractivity contribution in [3.8, 4) is 0 Å². The third-order valence-corrected chi connectivity index (χ3v) is 3.36. The summed E-state index contributed by atoms with van der Waals surface area (Å²) in [6.07, 6.45) is 6.12. The van der Waals surface area contributed by atoms with Crippen LogP contribution in [0.4, 0.5) is 5.95 Å². The second-order valence-corrected chi connectivity index (χ2v) is 4.55. The van der Waals surface area contributed by atoms with Gasteiger partial charge in [0, 0.05) is 18.3 Å². The summed E-state index contributed by atoms with van der Waals surface area (Å²) in [6, 6.07) is 0.553. The fourth-order valence-corrected chi connectivity index (χ4v) is 2.49. The second kappa shape index (κ2) is 3.85. The van der Waals surface area contributed by atoms with E-state index >= 15 is 0 Å². The number of rotatable bonds is 2. The van der Waals surface area contributed by atoms with Gasteiger partial charge in [0.15, 0.2) is 0 Å². The monoisotopic (exact) mass is 206 g/mol. The molecule has 1 atom stereocenters. The molecule has 1 fully saturated rings. The first-order chi connectivity index (χ1) is 7.42. The van der Waals surface area contributed by atoms with Gasteiger partial charge < -0.3 is 15.6 Å². The Kier molecular flexibility index (Phi) is 2.37. The van der Waals surface area contributed by atoms with Crippen molar-refractivity contribution in [2.45, 2.75) is 38.1 Å². The molecule has 2 aliphatic rings. The molecule has 0 aromatic carbocycles. The number of hydrogen-bond acceptors (Lipinski definition) is 3. The first-order valence-corrected chi connectivity index (χ1v) is 5.97. The summed E-state index contributed by atoms with van der Waals surface area (Å²) in [6.45, 7) is 2.18. The minimum Gasteiger partial charge on any atom is -0.352 e. The highest BCUT2D eigenvalue weighted by Crippen LogP contribution is 2.21. The van der Waals surface area contributed by atoms with E-state index in [0.29, 0.717) is 6.04 Å². The minimum absolute atomic E-state index is 0.553. The number of hydrogen-bond donors (Lipinski definition) is 3. The summed E-state index contributed by atoms with van der Waals surface area (Å²) in [5.41, 5.74) is 2.64. The Morgan fingerprint density at radius 1 is 1.27 bits per heavy atom. The highest BCUT2D eigenvalue weighted by atomic mass is 15.2. The number of aryl methyl sites for hydroxylation is 2. The minimum atomic E-state index is 0.553. The maximum atomic E-state index is 4.62. The van der Waals surface area contributed by atoms with Gasteiger partial charge in [-0.15, -0.1) is 0 Å². The van der Waals surface area contributed by atoms with E-state index in [1.807, 2.05) is 0 Å². The molecule has 4 nitrogen and oxygen atoms in total. The van der Waals surface area contributed by atoms with E-state index in [-0.39, 0.29) is 0 Å². The number of aromatic nitrogens is 2. The lowest BCUT2D eigenvalue weighted by Gasteiger charge is -2.08. The molecule has 1 aliphatic heterocycles. The summed E-state index contributed by atoms with van der Waals surface area (Å²) < 4.78 is 0. The van der Waals surface area contributed by atoms with Gasteiger partial charge in [-0.1, -0.05) is 0 Å². The molecule has 1 saturated heterocycles. The molecular formula is C11H18N4. The molecule has 3 rings (SSSR count). The van der Waals surface area contributed by atoms with E-state index in [1.165, 1.54) is 37.1 Å². The Balaban J connectivity index is 1.72. The molecule has 0 bridgehead atoms. The van der Waals surface area contributed by atoms with Gasteiger partial charge in [0.05, 0.1) is 5.69 Å². The van der Waals surface area contributed by atoms with Crippen LogP contribution in [0.3, 0.4) is 0 Å². The second-order valence-electron chi connectivity index (χ2n) is 4.55. The zero-order valence-electron chi connectivity index (χ0n) is 8.97. The predicted molar refractivity (Wildman–Crippen MR) is 60.1 cm³/mol. The molecule has 1 aliphatic carbocycles. The summed E-state index contributed by atoms with van der Waals surface area (Å²) in [7, 11) is 0. The summed E-state index contributed by atoms with van der Waals surface area (Å²) >= 11 is 0. The fourth-order valence-electron chi connectivity index (χ4n) is 2.49. The van der Waals surface area contributed by atoms with Crippen LogP contribution >= 0.6 is 0 Å². The summed E-state index contributed by atoms with van der Waals surface area (Å²) in [4.78, 5) is 8.03. The lowest BCUT2D eigenvalue weighted by Crippen LogP contribution is -2.22. The van der Waals surface area contributed by atoms with Crippen molar-refractivity contribution in [3.05, 3.63) is 11.4 Å². The van der Waals surface area contributed by atoms with Gasteiger partial charge in [0.25, 0.3) is 0 Å². The van der Waals surface area contributed by atoms with Crippen LogP contribution < -0.4 is 10.6 Å². The maximum absolute atomic E-state index is 4.62. The average molecular weight is 206 g/mol. The Morgan fingerprint density at radius 3 is 3.00 bits per heavy atom. The van der Waals surface area contributed by atoms with E-state index in [4.69, 9.17) is 0 Å². The average Bonchev–Trinajstić information content (AvgIpc) is 2.86. The van der Waals surface area contributed by atoms with Crippen molar-refractivity contribution in [3.63, 3.8) is 0 Å². The van der Waals surface area contributed by atoms with Crippen LogP contribution in [0.5, 0.6) is 0 Å². The van der Waals surface area contributed by atoms with Crippen LogP contribution in [0.1, 0.15) is 30.7 Å². The van der Waals surface area contributed by atoms with Crippen LogP contribution in [0.2, 0.25) is 0 Å². The molecule has 15 heavy (non-hydrogen) atoms. The molecule has 2 heterocycles. The third-order valence-electron chi connectivity index (χ3n) is 3.36. The highest BCUT2D eigenvalue weighted by molar-refractivity contribution is 5.34. The highest BCUT2D eigenvalue weighted by Gasteiger charge is 2.18. The SMILES string of the molecule is C1CCc2[nH]c(NC3CCNC3)nc2C1. The number of anilines is 1. The Bertz CT molecular complexity index is 315. The molecule has 0 amide bonds. The lowest BCUT2D eigenvalue weighted by molar-refractivity contribution is 0.667. The number of nitrogens with one attached hydrogen (secondary N) is 3. The van der Waals surface area contributed by atoms with Crippen molar-refractivity contribution in [1.82, 2.24) is 15.3 Å². The van der Waals surface area contributed by atoms with Gasteiger partial charge in [-0.2, -0.15) is 0 Å². The molecule has 0 spiro atoms. The number of aromatic amines is 1. The Labute approximate surface area is 89.9 Å². The lowest BCUT2D eigenvalue weighted by atomic mass is 10.0. The normalized spacial score (nSPS) is 25.2. The third kappa shape index (κ3) is 1.86. The van der Waals surface area contributed by atoms with Gasteiger partial charge in [0.1, 0.15) is 0 Å². The summed E-state index contributed by atoms with van der Waals surface area (Å²) in [5, 5.41) is 6.82. The topological polar surface area (TPSA) is 52.7 Å². The molecule has 82 valence electrons. The number of H-pyrrole nitrogens is 1. The van der Waals surface area contributed by atoms with Crippen LogP contribution in [-0.4, -0.2) is 29.1 Å². The predicted octanol–water partition coefficient (Wildman–Crippen LogP) is 1.06. The van der Waals surface area contributed by atoms with Crippen molar-refractivity contribution >= 4 is 5.95 Å². The number of fused-ring (bicyclic) bond motifs is 1. The zero-order chi connectivity index (χ0) is 10.1. The van der Waals surface area contributed by atoms with Crippen LogP contribution in [-0.2, 0) is 12.8 Å². The first-order valence-electron chi connectivity index (χ1n) is 5.97. The fraction of sp³-hybridized carbons (Fsp3) is 0.727. The van der Waals surface area contributed by atoms with Crippen LogP contribution in [0.15, 0.2) is 0 Å². The van der Waals surface area contributed by atoms with Crippen molar-refractivity contribution < 1.29 is 0 Å². The summed E-state index contributed by atoms with van der Waals surface area (Å²) in [5.74, 6) is 0.982. The van der Waals surface area contributed by atoms with Gasteiger partial charge in [0.2, 0.25) is 5.95 Å². The molecule has 0 saturated carbocycles. The largest absolute Gasteiger partial charge is 0.352 e. The van der Waals surface area contributed by atoms with E-state index < -0.39 is 0 Å². The van der Waals surface area contributed by atoms with Crippen LogP contribution in [0.25, 0.3) is 0 Å². The number of imidazole rings is 1. The molecular weight excluding hydrogens is 188 g/mol. The van der Waals surface area contributed by atoms with E-state index in [2.05, 4.69) is 20.6 Å². The van der Waals surface area contributed by atoms with Gasteiger partial charge in [-0.05, 0) is 38.6 Å². The molecule has 1 aromatic heterocycles. The van der Waals surface area contributed by atoms with Gasteiger partial charge in [-0.3, -0.25) is 0 Å². The maximum Gasteiger partial charge on any atom is 0.200 e. The first kappa shape index (κ1) is 9.21. The number of nitrogens with zero attached hydrogens (tertiary/aromatic N) is 1. The van der Waals surface area contributed by atoms with Crippen molar-refractivity contribution in [1.29, 1.82) is 0 Å². The van der Waals surface area contributed by atoms with Crippen LogP contribution in [0, 0.1) is 0 Å². The van der Waals surface area contributed by atoms with Crippen molar-refractivity contribution in [2.75, 3.05) is 18.4 Å². The van der Waals surface area contributed by atoms with Gasteiger partial charge in [-0.25, -0.2) is 4.98 Å². The van der Waals surface area contributed by atoms with E-state index in [0.717, 1.165) is 25.5 Å². The zero-order valence-corrected chi connectivity index (χ0v) is 8.97. The Hall–Kier alpha value is -1.03. The molecule has 1 unspecified atom stereocenters. The van der Waals surface area contributed by atoms with Crippen molar-refractivity contribution in [2.24, 2.45) is 0 Å².